The van der Waals surface area contributed by atoms with Crippen molar-refractivity contribution in [3.8, 4) is 39.9 Å². The van der Waals surface area contributed by atoms with Gasteiger partial charge in [0.05, 0.1) is 22.6 Å². The van der Waals surface area contributed by atoms with Crippen molar-refractivity contribution in [2.75, 3.05) is 0 Å². The maximum Gasteiger partial charge on any atom is 0.236 e. The van der Waals surface area contributed by atoms with Crippen LogP contribution in [0.25, 0.3) is 94.5 Å². The van der Waals surface area contributed by atoms with E-state index >= 15 is 0 Å². The van der Waals surface area contributed by atoms with Gasteiger partial charge < -0.3 is 4.57 Å². The lowest BCUT2D eigenvalue weighted by Crippen LogP contribution is -2.07. The standard InChI is InChI=1S/C48H32N6/c1-5-17-31(18-6-1)42-45-44(50-47(49-42)33-21-9-3-10-22-33)43(32-19-7-2-8-20-32)51-48(52-45)54-38-27-15-13-25-35(38)36-29-30-40-41(46(36)54)37-26-14-16-28-39(37)53(40)34-23-11-4-12-24-34/h1-23,25-30,34H,24H2. The number of fused-ring (bicyclic) bond motifs is 8. The minimum Gasteiger partial charge on any atom is -0.333 e. The van der Waals surface area contributed by atoms with E-state index in [1.165, 1.54) is 21.8 Å². The maximum atomic E-state index is 5.50. The molecule has 254 valence electrons. The number of aromatic nitrogens is 6. The molecule has 0 aliphatic heterocycles. The summed E-state index contributed by atoms with van der Waals surface area (Å²) in [6.45, 7) is 0. The molecule has 0 spiro atoms. The van der Waals surface area contributed by atoms with Gasteiger partial charge in [0.25, 0.3) is 0 Å². The van der Waals surface area contributed by atoms with Crippen molar-refractivity contribution in [1.82, 2.24) is 29.1 Å². The Morgan fingerprint density at radius 1 is 0.463 bits per heavy atom. The summed E-state index contributed by atoms with van der Waals surface area (Å²) in [7, 11) is 0. The van der Waals surface area contributed by atoms with Crippen molar-refractivity contribution < 1.29 is 0 Å². The minimum atomic E-state index is 0.207. The Morgan fingerprint density at radius 2 is 1.07 bits per heavy atom. The smallest absolute Gasteiger partial charge is 0.236 e. The summed E-state index contributed by atoms with van der Waals surface area (Å²) >= 11 is 0. The maximum absolute atomic E-state index is 5.50. The second-order valence-electron chi connectivity index (χ2n) is 13.8. The van der Waals surface area contributed by atoms with E-state index in [-0.39, 0.29) is 6.04 Å². The number of hydrogen-bond acceptors (Lipinski definition) is 4. The average Bonchev–Trinajstić information content (AvgIpc) is 3.77. The predicted octanol–water partition coefficient (Wildman–Crippen LogP) is 11.7. The van der Waals surface area contributed by atoms with Gasteiger partial charge in [0.2, 0.25) is 5.95 Å². The summed E-state index contributed by atoms with van der Waals surface area (Å²) in [6.07, 6.45) is 9.79. The van der Waals surface area contributed by atoms with E-state index in [4.69, 9.17) is 19.9 Å². The highest BCUT2D eigenvalue weighted by Gasteiger charge is 2.25. The van der Waals surface area contributed by atoms with Crippen molar-refractivity contribution in [2.45, 2.75) is 12.5 Å². The van der Waals surface area contributed by atoms with E-state index in [1.54, 1.807) is 0 Å². The Bertz CT molecular complexity index is 3120. The Morgan fingerprint density at radius 3 is 1.78 bits per heavy atom. The fraction of sp³-hybridized carbons (Fsp3) is 0.0417. The molecule has 0 fully saturated rings. The fourth-order valence-corrected chi connectivity index (χ4v) is 8.28. The summed E-state index contributed by atoms with van der Waals surface area (Å²) in [5, 5.41) is 4.70. The molecule has 4 heterocycles. The van der Waals surface area contributed by atoms with Crippen LogP contribution < -0.4 is 0 Å². The molecule has 0 radical (unpaired) electrons. The first-order valence-electron chi connectivity index (χ1n) is 18.4. The third kappa shape index (κ3) is 4.67. The van der Waals surface area contributed by atoms with Gasteiger partial charge in [0.1, 0.15) is 22.4 Å². The van der Waals surface area contributed by atoms with Gasteiger partial charge in [-0.05, 0) is 24.6 Å². The molecule has 6 nitrogen and oxygen atoms in total. The van der Waals surface area contributed by atoms with E-state index < -0.39 is 0 Å². The topological polar surface area (TPSA) is 61.4 Å². The molecule has 54 heavy (non-hydrogen) atoms. The van der Waals surface area contributed by atoms with E-state index in [0.29, 0.717) is 22.8 Å². The van der Waals surface area contributed by atoms with Gasteiger partial charge in [0.15, 0.2) is 5.82 Å². The zero-order valence-electron chi connectivity index (χ0n) is 29.2. The van der Waals surface area contributed by atoms with Gasteiger partial charge in [0, 0.05) is 43.8 Å². The van der Waals surface area contributed by atoms with Crippen molar-refractivity contribution >= 4 is 54.6 Å². The number of hydrogen-bond donors (Lipinski definition) is 0. The van der Waals surface area contributed by atoms with Gasteiger partial charge in [-0.3, -0.25) is 4.57 Å². The Kier molecular flexibility index (Phi) is 6.89. The third-order valence-electron chi connectivity index (χ3n) is 10.7. The van der Waals surface area contributed by atoms with Crippen molar-refractivity contribution in [3.63, 3.8) is 0 Å². The number of rotatable bonds is 5. The summed E-state index contributed by atoms with van der Waals surface area (Å²) in [4.78, 5) is 21.5. The highest BCUT2D eigenvalue weighted by molar-refractivity contribution is 6.25. The van der Waals surface area contributed by atoms with Crippen LogP contribution in [-0.4, -0.2) is 29.1 Å². The zero-order valence-corrected chi connectivity index (χ0v) is 29.2. The van der Waals surface area contributed by atoms with Crippen LogP contribution in [0, 0.1) is 0 Å². The van der Waals surface area contributed by atoms with Crippen LogP contribution in [0.3, 0.4) is 0 Å². The lowest BCUT2D eigenvalue weighted by atomic mass is 10.1. The first kappa shape index (κ1) is 30.4. The van der Waals surface area contributed by atoms with E-state index in [2.05, 4.69) is 118 Å². The van der Waals surface area contributed by atoms with Crippen LogP contribution in [0.2, 0.25) is 0 Å². The minimum absolute atomic E-state index is 0.207. The molecule has 6 heteroatoms. The number of para-hydroxylation sites is 2. The summed E-state index contributed by atoms with van der Waals surface area (Å²) < 4.78 is 4.77. The lowest BCUT2D eigenvalue weighted by molar-refractivity contribution is 0.648. The summed E-state index contributed by atoms with van der Waals surface area (Å²) in [5.74, 6) is 1.21. The molecule has 10 aromatic rings. The normalized spacial score (nSPS) is 14.3. The molecule has 0 bridgehead atoms. The van der Waals surface area contributed by atoms with Gasteiger partial charge >= 0.3 is 0 Å². The number of allylic oxidation sites excluding steroid dienone is 4. The molecule has 1 atom stereocenters. The molecule has 4 aromatic heterocycles. The molecule has 0 amide bonds. The van der Waals surface area contributed by atoms with Crippen molar-refractivity contribution in [3.05, 3.63) is 176 Å². The van der Waals surface area contributed by atoms with Crippen LogP contribution in [0.4, 0.5) is 0 Å². The van der Waals surface area contributed by atoms with Gasteiger partial charge in [-0.2, -0.15) is 0 Å². The molecular weight excluding hydrogens is 661 g/mol. The Hall–Kier alpha value is -7.18. The third-order valence-corrected chi connectivity index (χ3v) is 10.7. The van der Waals surface area contributed by atoms with Crippen LogP contribution in [0.15, 0.2) is 176 Å². The molecule has 6 aromatic carbocycles. The number of nitrogens with zero attached hydrogens (tertiary/aromatic N) is 6. The Balaban J connectivity index is 1.30. The summed E-state index contributed by atoms with van der Waals surface area (Å²) in [5.41, 5.74) is 10.3. The van der Waals surface area contributed by atoms with Crippen molar-refractivity contribution in [2.24, 2.45) is 0 Å². The quantitative estimate of drug-likeness (QED) is 0.180. The monoisotopic (exact) mass is 692 g/mol. The molecule has 11 rings (SSSR count). The molecule has 1 aliphatic carbocycles. The molecule has 1 aliphatic rings. The van der Waals surface area contributed by atoms with E-state index in [0.717, 1.165) is 56.3 Å². The van der Waals surface area contributed by atoms with Gasteiger partial charge in [-0.1, -0.05) is 158 Å². The predicted molar refractivity (Wildman–Crippen MR) is 221 cm³/mol. The molecule has 1 unspecified atom stereocenters. The second kappa shape index (κ2) is 12.2. The zero-order chi connectivity index (χ0) is 35.6. The van der Waals surface area contributed by atoms with Gasteiger partial charge in [-0.15, -0.1) is 0 Å². The highest BCUT2D eigenvalue weighted by atomic mass is 15.2. The summed E-state index contributed by atoms with van der Waals surface area (Å²) in [6, 6.07) is 52.9. The molecule has 0 N–H and O–H groups in total. The first-order valence-corrected chi connectivity index (χ1v) is 18.4. The molecular formula is C48H32N6. The van der Waals surface area contributed by atoms with Crippen LogP contribution in [-0.2, 0) is 0 Å². The molecule has 0 saturated heterocycles. The highest BCUT2D eigenvalue weighted by Crippen LogP contribution is 2.43. The first-order chi connectivity index (χ1) is 26.8. The van der Waals surface area contributed by atoms with Crippen LogP contribution in [0.1, 0.15) is 12.5 Å². The molecule has 0 saturated carbocycles. The number of benzene rings is 6. The van der Waals surface area contributed by atoms with Crippen LogP contribution in [0.5, 0.6) is 0 Å². The van der Waals surface area contributed by atoms with Crippen molar-refractivity contribution in [1.29, 1.82) is 0 Å². The second-order valence-corrected chi connectivity index (χ2v) is 13.8. The fourth-order valence-electron chi connectivity index (χ4n) is 8.28. The van der Waals surface area contributed by atoms with E-state index in [1.807, 2.05) is 66.7 Å². The largest absolute Gasteiger partial charge is 0.333 e. The average molecular weight is 693 g/mol. The van der Waals surface area contributed by atoms with E-state index in [9.17, 15) is 0 Å². The van der Waals surface area contributed by atoms with Crippen LogP contribution >= 0.6 is 0 Å². The lowest BCUT2D eigenvalue weighted by Gasteiger charge is -2.18. The van der Waals surface area contributed by atoms with Gasteiger partial charge in [-0.25, -0.2) is 19.9 Å². The Labute approximate surface area is 311 Å². The SMILES string of the molecule is C1=CCC(n2c3ccccc3c3c4c(ccc32)c2ccccc2n4-c2nc(-c3ccccc3)c3nc(-c4ccccc4)nc(-c4ccccc4)c3n2)C=C1.